The average molecular weight is 937 g/mol. The number of anilines is 6. The van der Waals surface area contributed by atoms with Crippen molar-refractivity contribution in [2.75, 3.05) is 9.80 Å². The van der Waals surface area contributed by atoms with Gasteiger partial charge in [0.2, 0.25) is 0 Å². The fourth-order valence-electron chi connectivity index (χ4n) is 13.6. The summed E-state index contributed by atoms with van der Waals surface area (Å²) in [5.74, 6) is 0. The molecule has 0 radical (unpaired) electrons. The largest absolute Gasteiger partial charge is 0.309 e. The lowest BCUT2D eigenvalue weighted by Crippen LogP contribution is -2.31. The van der Waals surface area contributed by atoms with E-state index in [1.807, 2.05) is 36.9 Å². The van der Waals surface area contributed by atoms with Crippen LogP contribution in [0.3, 0.4) is 0 Å². The predicted octanol–water partition coefficient (Wildman–Crippen LogP) is 18.4. The molecule has 0 unspecified atom stereocenters. The summed E-state index contributed by atoms with van der Waals surface area (Å²) >= 11 is 0. The number of para-hydroxylation sites is 1. The second-order valence-electron chi connectivity index (χ2n) is 22.2. The lowest BCUT2D eigenvalue weighted by Gasteiger charge is -2.43. The molecule has 2 aliphatic heterocycles. The van der Waals surface area contributed by atoms with Crippen LogP contribution in [-0.4, -0.2) is 9.97 Å². The van der Waals surface area contributed by atoms with E-state index < -0.39 is 0 Å². The van der Waals surface area contributed by atoms with E-state index in [-0.39, 0.29) is 16.2 Å². The van der Waals surface area contributed by atoms with Gasteiger partial charge in [0.25, 0.3) is 0 Å². The van der Waals surface area contributed by atoms with E-state index in [0.717, 1.165) is 11.1 Å². The second-order valence-corrected chi connectivity index (χ2v) is 22.2. The third kappa shape index (κ3) is 5.67. The fraction of sp³-hybridized carbons (Fsp3) is 0.130. The smallest absolute Gasteiger partial charge is 0.0540 e. The Morgan fingerprint density at radius 3 is 1.32 bits per heavy atom. The Kier molecular flexibility index (Phi) is 8.51. The summed E-state index contributed by atoms with van der Waals surface area (Å²) in [4.78, 5) is 14.1. The Labute approximate surface area is 426 Å². The van der Waals surface area contributed by atoms with Crippen molar-refractivity contribution in [3.8, 4) is 33.4 Å². The Morgan fingerprint density at radius 1 is 0.288 bits per heavy atom. The van der Waals surface area contributed by atoms with E-state index in [1.165, 1.54) is 133 Å². The molecule has 4 heteroatoms. The summed E-state index contributed by atoms with van der Waals surface area (Å²) in [5, 5.41) is 10.1. The second kappa shape index (κ2) is 14.7. The summed E-state index contributed by atoms with van der Waals surface area (Å²) < 4.78 is 0. The third-order valence-corrected chi connectivity index (χ3v) is 17.3. The number of hydrogen-bond donors (Lipinski definition) is 0. The molecule has 3 aliphatic rings. The number of fused-ring (bicyclic) bond motifs is 9. The van der Waals surface area contributed by atoms with Gasteiger partial charge in [0.15, 0.2) is 0 Å². The van der Waals surface area contributed by atoms with Gasteiger partial charge in [0, 0.05) is 51.8 Å². The van der Waals surface area contributed by atoms with Crippen molar-refractivity contribution in [3.63, 3.8) is 0 Å². The van der Waals surface area contributed by atoms with Crippen molar-refractivity contribution in [3.05, 3.63) is 240 Å². The standard InChI is InChI=1S/C69H52N4/c1-67(2)53-22-8-7-17-45(53)52-37-58-64(38-55(52)67)73(63-30-26-42(36-57(63)69(58,5)6)44-16-14-34-71-40-44)60-32-28-49-46-18-11-20-50-59(31-27-48(65(46)50)47-19-12-21-51(60)66(47)49)72-61-24-10-9-23-54(61)68(3,4)56-35-41(25-29-62(56)72)43-15-13-33-70-39-43/h7-40H,1-6H3. The zero-order valence-electron chi connectivity index (χ0n) is 41.9. The van der Waals surface area contributed by atoms with Gasteiger partial charge in [-0.15, -0.1) is 0 Å². The lowest BCUT2D eigenvalue weighted by atomic mass is 9.71. The first-order valence-electron chi connectivity index (χ1n) is 25.7. The van der Waals surface area contributed by atoms with Gasteiger partial charge in [0.05, 0.1) is 34.1 Å². The van der Waals surface area contributed by atoms with Gasteiger partial charge >= 0.3 is 0 Å². The molecule has 73 heavy (non-hydrogen) atoms. The van der Waals surface area contributed by atoms with Crippen LogP contribution in [0.15, 0.2) is 207 Å². The van der Waals surface area contributed by atoms with Crippen LogP contribution in [0.4, 0.5) is 34.1 Å². The van der Waals surface area contributed by atoms with E-state index in [2.05, 4.69) is 231 Å². The van der Waals surface area contributed by atoms with Crippen molar-refractivity contribution < 1.29 is 0 Å². The normalized spacial score (nSPS) is 15.5. The molecule has 0 saturated carbocycles. The minimum Gasteiger partial charge on any atom is -0.309 e. The summed E-state index contributed by atoms with van der Waals surface area (Å²) in [5.41, 5.74) is 21.8. The first-order valence-corrected chi connectivity index (χ1v) is 25.7. The predicted molar refractivity (Wildman–Crippen MR) is 305 cm³/mol. The molecule has 0 fully saturated rings. The Hall–Kier alpha value is -8.60. The van der Waals surface area contributed by atoms with Crippen molar-refractivity contribution in [1.82, 2.24) is 9.97 Å². The minimum absolute atomic E-state index is 0.153. The van der Waals surface area contributed by atoms with Gasteiger partial charge in [-0.25, -0.2) is 0 Å². The van der Waals surface area contributed by atoms with Gasteiger partial charge < -0.3 is 9.80 Å². The number of nitrogens with zero attached hydrogens (tertiary/aromatic N) is 4. The van der Waals surface area contributed by atoms with Crippen LogP contribution < -0.4 is 9.80 Å². The maximum atomic E-state index is 4.53. The van der Waals surface area contributed by atoms with Crippen LogP contribution >= 0.6 is 0 Å². The lowest BCUT2D eigenvalue weighted by molar-refractivity contribution is 0.627. The van der Waals surface area contributed by atoms with E-state index in [4.69, 9.17) is 0 Å². The van der Waals surface area contributed by atoms with Crippen LogP contribution in [0.2, 0.25) is 0 Å². The molecule has 0 saturated heterocycles. The van der Waals surface area contributed by atoms with Crippen LogP contribution in [0, 0.1) is 0 Å². The molecule has 0 amide bonds. The van der Waals surface area contributed by atoms with Gasteiger partial charge in [-0.3, -0.25) is 9.97 Å². The van der Waals surface area contributed by atoms with Crippen molar-refractivity contribution in [1.29, 1.82) is 0 Å². The minimum atomic E-state index is -0.304. The Morgan fingerprint density at radius 2 is 0.740 bits per heavy atom. The molecule has 0 atom stereocenters. The van der Waals surface area contributed by atoms with Crippen LogP contribution in [0.5, 0.6) is 0 Å². The first-order chi connectivity index (χ1) is 35.5. The number of aromatic nitrogens is 2. The number of rotatable bonds is 4. The average Bonchev–Trinajstić information content (AvgIpc) is 3.66. The first kappa shape index (κ1) is 42.1. The molecule has 2 aromatic heterocycles. The van der Waals surface area contributed by atoms with Gasteiger partial charge in [-0.2, -0.15) is 0 Å². The zero-order chi connectivity index (χ0) is 49.1. The van der Waals surface area contributed by atoms with Crippen molar-refractivity contribution in [2.24, 2.45) is 0 Å². The van der Waals surface area contributed by atoms with Crippen molar-refractivity contribution >= 4 is 77.2 Å². The molecule has 1 aliphatic carbocycles. The van der Waals surface area contributed by atoms with E-state index >= 15 is 0 Å². The summed E-state index contributed by atoms with van der Waals surface area (Å²) in [6.45, 7) is 14.4. The van der Waals surface area contributed by atoms with E-state index in [9.17, 15) is 0 Å². The quantitative estimate of drug-likeness (QED) is 0.130. The topological polar surface area (TPSA) is 32.3 Å². The van der Waals surface area contributed by atoms with Gasteiger partial charge in [-0.1, -0.05) is 157 Å². The molecule has 4 nitrogen and oxygen atoms in total. The maximum absolute atomic E-state index is 4.53. The number of hydrogen-bond acceptors (Lipinski definition) is 4. The van der Waals surface area contributed by atoms with Crippen LogP contribution in [0.25, 0.3) is 76.5 Å². The molecule has 10 aromatic carbocycles. The number of benzene rings is 10. The van der Waals surface area contributed by atoms with Crippen LogP contribution in [-0.2, 0) is 16.2 Å². The molecular formula is C69H52N4. The zero-order valence-corrected chi connectivity index (χ0v) is 41.9. The van der Waals surface area contributed by atoms with E-state index in [0.29, 0.717) is 0 Å². The third-order valence-electron chi connectivity index (χ3n) is 17.3. The molecule has 0 spiro atoms. The highest BCUT2D eigenvalue weighted by Crippen LogP contribution is 2.60. The van der Waals surface area contributed by atoms with E-state index in [1.54, 1.807) is 0 Å². The van der Waals surface area contributed by atoms with Gasteiger partial charge in [-0.05, 0) is 166 Å². The molecule has 0 bridgehead atoms. The fourth-order valence-corrected chi connectivity index (χ4v) is 13.6. The SMILES string of the molecule is CC1(C)c2ccccc2-c2cc3c(cc21)N(c1ccc2c4cccc5c(N6c7ccccc7C(C)(C)c7cc(-c8cccnc8)ccc76)ccc(c6cccc1c62)c54)c1ccc(-c2cccnc2)cc1C3(C)C. The molecule has 15 rings (SSSR count). The summed E-state index contributed by atoms with van der Waals surface area (Å²) in [6.07, 6.45) is 7.64. The molecular weight excluding hydrogens is 885 g/mol. The maximum Gasteiger partial charge on any atom is 0.0540 e. The number of pyridine rings is 2. The van der Waals surface area contributed by atoms with Crippen molar-refractivity contribution in [2.45, 2.75) is 57.8 Å². The molecule has 4 heterocycles. The summed E-state index contributed by atoms with van der Waals surface area (Å²) in [6, 6.07) is 69.0. The highest BCUT2D eigenvalue weighted by molar-refractivity contribution is 6.35. The van der Waals surface area contributed by atoms with Crippen LogP contribution in [0.1, 0.15) is 74.9 Å². The Bertz CT molecular complexity index is 4280. The molecule has 12 aromatic rings. The highest BCUT2D eigenvalue weighted by Gasteiger charge is 2.43. The molecule has 0 N–H and O–H groups in total. The Balaban J connectivity index is 0.962. The monoisotopic (exact) mass is 936 g/mol. The highest BCUT2D eigenvalue weighted by atomic mass is 15.2. The molecule has 348 valence electrons. The van der Waals surface area contributed by atoms with Gasteiger partial charge in [0.1, 0.15) is 0 Å². The summed E-state index contributed by atoms with van der Waals surface area (Å²) in [7, 11) is 0.